The molecule has 0 spiro atoms. The number of halogens is 5. The molecule has 156 valence electrons. The molecule has 1 aromatic heterocycles. The third kappa shape index (κ3) is 4.20. The number of alkyl halides is 3. The standard InChI is InChI=1S/C17H16ClF4N5O2/c1-17(12(20)6-29-7-13(23)25-17)9-4-8(2-3-11(9)19)24-15(28)14-10(18)5-27(26-14)16(21)22/h2-5,12,16H,6-7H2,1H3,(H2,23,25)(H,24,28). The fourth-order valence-electron chi connectivity index (χ4n) is 2.86. The number of aromatic nitrogens is 2. The summed E-state index contributed by atoms with van der Waals surface area (Å²) in [5, 5.41) is 5.50. The quantitative estimate of drug-likeness (QED) is 0.723. The molecule has 2 aromatic rings. The van der Waals surface area contributed by atoms with Crippen molar-refractivity contribution in [3.05, 3.63) is 46.5 Å². The van der Waals surface area contributed by atoms with E-state index in [1.165, 1.54) is 19.1 Å². The van der Waals surface area contributed by atoms with Crippen LogP contribution in [0.4, 0.5) is 23.2 Å². The Labute approximate surface area is 167 Å². The number of carbonyl (C=O) groups is 1. The van der Waals surface area contributed by atoms with Gasteiger partial charge in [-0.1, -0.05) is 11.6 Å². The van der Waals surface area contributed by atoms with Crippen molar-refractivity contribution < 1.29 is 27.1 Å². The number of aliphatic imine (C=N–C) groups is 1. The van der Waals surface area contributed by atoms with Crippen LogP contribution in [0.1, 0.15) is 29.5 Å². The molecule has 1 aromatic carbocycles. The maximum absolute atomic E-state index is 14.7. The molecular formula is C17H16ClF4N5O2. The molecule has 29 heavy (non-hydrogen) atoms. The number of nitrogens with two attached hydrogens (primary N) is 1. The number of carbonyl (C=O) groups excluding carboxylic acids is 1. The fourth-order valence-corrected chi connectivity index (χ4v) is 3.09. The van der Waals surface area contributed by atoms with Crippen molar-refractivity contribution in [2.24, 2.45) is 10.7 Å². The van der Waals surface area contributed by atoms with Crippen molar-refractivity contribution in [1.29, 1.82) is 0 Å². The van der Waals surface area contributed by atoms with Crippen molar-refractivity contribution in [3.63, 3.8) is 0 Å². The molecule has 0 bridgehead atoms. The van der Waals surface area contributed by atoms with Crippen LogP contribution in [0.2, 0.25) is 5.02 Å². The third-order valence-electron chi connectivity index (χ3n) is 4.37. The highest BCUT2D eigenvalue weighted by Crippen LogP contribution is 2.36. The molecule has 3 rings (SSSR count). The Kier molecular flexibility index (Phi) is 5.80. The number of rotatable bonds is 4. The first-order chi connectivity index (χ1) is 13.6. The van der Waals surface area contributed by atoms with Crippen LogP contribution in [0.3, 0.4) is 0 Å². The molecule has 1 amide bonds. The van der Waals surface area contributed by atoms with Crippen LogP contribution >= 0.6 is 11.6 Å². The van der Waals surface area contributed by atoms with E-state index < -0.39 is 35.7 Å². The summed E-state index contributed by atoms with van der Waals surface area (Å²) in [5.41, 5.74) is 3.43. The van der Waals surface area contributed by atoms with E-state index in [2.05, 4.69) is 15.4 Å². The highest BCUT2D eigenvalue weighted by atomic mass is 35.5. The largest absolute Gasteiger partial charge is 0.386 e. The van der Waals surface area contributed by atoms with Gasteiger partial charge in [0.15, 0.2) is 11.9 Å². The van der Waals surface area contributed by atoms with Gasteiger partial charge in [0, 0.05) is 11.3 Å². The lowest BCUT2D eigenvalue weighted by Crippen LogP contribution is -2.35. The maximum atomic E-state index is 14.7. The molecule has 12 heteroatoms. The van der Waals surface area contributed by atoms with Gasteiger partial charge in [0.2, 0.25) is 0 Å². The number of anilines is 1. The molecular weight excluding hydrogens is 418 g/mol. The van der Waals surface area contributed by atoms with Crippen LogP contribution in [0, 0.1) is 5.82 Å². The van der Waals surface area contributed by atoms with Gasteiger partial charge >= 0.3 is 6.55 Å². The van der Waals surface area contributed by atoms with Gasteiger partial charge in [-0.15, -0.1) is 0 Å². The van der Waals surface area contributed by atoms with Gasteiger partial charge in [-0.25, -0.2) is 13.5 Å². The van der Waals surface area contributed by atoms with E-state index in [4.69, 9.17) is 22.1 Å². The first-order valence-corrected chi connectivity index (χ1v) is 8.70. The molecule has 1 aliphatic rings. The first kappa shape index (κ1) is 21.1. The number of nitrogens with zero attached hydrogens (tertiary/aromatic N) is 3. The lowest BCUT2D eigenvalue weighted by atomic mass is 9.87. The van der Waals surface area contributed by atoms with Gasteiger partial charge in [0.25, 0.3) is 5.91 Å². The lowest BCUT2D eigenvalue weighted by molar-refractivity contribution is 0.0561. The summed E-state index contributed by atoms with van der Waals surface area (Å²) >= 11 is 5.77. The van der Waals surface area contributed by atoms with Crippen LogP contribution in [0.25, 0.3) is 0 Å². The second-order valence-electron chi connectivity index (χ2n) is 6.47. The van der Waals surface area contributed by atoms with Crippen LogP contribution in [0.5, 0.6) is 0 Å². The number of hydrogen-bond donors (Lipinski definition) is 2. The van der Waals surface area contributed by atoms with Gasteiger partial charge in [-0.3, -0.25) is 9.79 Å². The average Bonchev–Trinajstić information content (AvgIpc) is 2.99. The Morgan fingerprint density at radius 3 is 2.86 bits per heavy atom. The number of nitrogens with one attached hydrogen (secondary N) is 1. The zero-order valence-corrected chi connectivity index (χ0v) is 15.8. The number of ether oxygens (including phenoxy) is 1. The molecule has 3 N–H and O–H groups in total. The molecule has 2 atom stereocenters. The van der Waals surface area contributed by atoms with Crippen LogP contribution in [0.15, 0.2) is 29.4 Å². The number of hydrogen-bond acceptors (Lipinski definition) is 5. The van der Waals surface area contributed by atoms with E-state index in [9.17, 15) is 22.4 Å². The van der Waals surface area contributed by atoms with E-state index in [0.717, 1.165) is 12.3 Å². The van der Waals surface area contributed by atoms with E-state index >= 15 is 0 Å². The van der Waals surface area contributed by atoms with E-state index in [1.54, 1.807) is 0 Å². The summed E-state index contributed by atoms with van der Waals surface area (Å²) in [6, 6.07) is 3.41. The summed E-state index contributed by atoms with van der Waals surface area (Å²) < 4.78 is 59.9. The monoisotopic (exact) mass is 433 g/mol. The van der Waals surface area contributed by atoms with Gasteiger partial charge in [-0.2, -0.15) is 13.9 Å². The van der Waals surface area contributed by atoms with Crippen molar-refractivity contribution in [2.45, 2.75) is 25.2 Å². The molecule has 0 saturated heterocycles. The Balaban J connectivity index is 1.93. The van der Waals surface area contributed by atoms with Crippen LogP contribution in [-0.4, -0.2) is 40.9 Å². The van der Waals surface area contributed by atoms with Crippen molar-refractivity contribution in [3.8, 4) is 0 Å². The van der Waals surface area contributed by atoms with Gasteiger partial charge in [0.1, 0.15) is 23.8 Å². The Hall–Kier alpha value is -2.66. The lowest BCUT2D eigenvalue weighted by Gasteiger charge is -2.28. The van der Waals surface area contributed by atoms with Crippen molar-refractivity contribution >= 4 is 29.0 Å². The molecule has 0 fully saturated rings. The molecule has 0 radical (unpaired) electrons. The van der Waals surface area contributed by atoms with Gasteiger partial charge in [-0.05, 0) is 25.1 Å². The number of benzene rings is 1. The maximum Gasteiger partial charge on any atom is 0.333 e. The smallest absolute Gasteiger partial charge is 0.333 e. The summed E-state index contributed by atoms with van der Waals surface area (Å²) in [4.78, 5) is 16.4. The topological polar surface area (TPSA) is 94.5 Å². The summed E-state index contributed by atoms with van der Waals surface area (Å²) in [5.74, 6) is -1.68. The van der Waals surface area contributed by atoms with Crippen LogP contribution < -0.4 is 11.1 Å². The summed E-state index contributed by atoms with van der Waals surface area (Å²) in [7, 11) is 0. The molecule has 0 saturated carbocycles. The molecule has 2 heterocycles. The summed E-state index contributed by atoms with van der Waals surface area (Å²) in [6.45, 7) is -2.07. The van der Waals surface area contributed by atoms with Crippen LogP contribution in [-0.2, 0) is 10.3 Å². The van der Waals surface area contributed by atoms with Gasteiger partial charge in [0.05, 0.1) is 17.8 Å². The summed E-state index contributed by atoms with van der Waals surface area (Å²) in [6.07, 6.45) is -0.908. The molecule has 7 nitrogen and oxygen atoms in total. The highest BCUT2D eigenvalue weighted by Gasteiger charge is 2.40. The predicted molar refractivity (Wildman–Crippen MR) is 97.5 cm³/mol. The highest BCUT2D eigenvalue weighted by molar-refractivity contribution is 6.34. The Morgan fingerprint density at radius 2 is 2.21 bits per heavy atom. The van der Waals surface area contributed by atoms with Gasteiger partial charge < -0.3 is 15.8 Å². The minimum absolute atomic E-state index is 0.00851. The minimum Gasteiger partial charge on any atom is -0.386 e. The van der Waals surface area contributed by atoms with E-state index in [0.29, 0.717) is 0 Å². The Morgan fingerprint density at radius 1 is 1.48 bits per heavy atom. The molecule has 1 aliphatic heterocycles. The van der Waals surface area contributed by atoms with E-state index in [1.807, 2.05) is 0 Å². The zero-order chi connectivity index (χ0) is 21.3. The normalized spacial score (nSPS) is 22.3. The second-order valence-corrected chi connectivity index (χ2v) is 6.87. The first-order valence-electron chi connectivity index (χ1n) is 8.32. The third-order valence-corrected chi connectivity index (χ3v) is 4.65. The second kappa shape index (κ2) is 7.99. The van der Waals surface area contributed by atoms with Crippen molar-refractivity contribution in [1.82, 2.24) is 9.78 Å². The molecule has 2 unspecified atom stereocenters. The average molecular weight is 434 g/mol. The molecule has 0 aliphatic carbocycles. The minimum atomic E-state index is -2.98. The van der Waals surface area contributed by atoms with E-state index in [-0.39, 0.29) is 40.0 Å². The number of amidine groups is 1. The van der Waals surface area contributed by atoms with Crippen molar-refractivity contribution in [2.75, 3.05) is 18.5 Å². The Bertz CT molecular complexity index is 967. The number of amides is 1. The SMILES string of the molecule is CC1(c2cc(NC(=O)c3nn(C(F)F)cc3Cl)ccc2F)N=C(N)COCC1F. The predicted octanol–water partition coefficient (Wildman–Crippen LogP) is 3.26. The fraction of sp³-hybridized carbons (Fsp3) is 0.353. The zero-order valence-electron chi connectivity index (χ0n) is 15.0.